The second-order valence-corrected chi connectivity index (χ2v) is 6.20. The molecule has 1 aliphatic carbocycles. The molecule has 0 spiro atoms. The van der Waals surface area contributed by atoms with Crippen LogP contribution in [0.2, 0.25) is 0 Å². The Morgan fingerprint density at radius 2 is 1.81 bits per heavy atom. The molecule has 0 heterocycles. The van der Waals surface area contributed by atoms with E-state index in [0.717, 1.165) is 30.6 Å². The normalized spacial score (nSPS) is 12.8. The summed E-state index contributed by atoms with van der Waals surface area (Å²) in [4.78, 5) is 24.0. The van der Waals surface area contributed by atoms with Crippen LogP contribution in [0.5, 0.6) is 5.75 Å². The zero-order valence-corrected chi connectivity index (χ0v) is 14.9. The maximum Gasteiger partial charge on any atom is 0.331 e. The van der Waals surface area contributed by atoms with E-state index in [1.165, 1.54) is 17.2 Å². The molecule has 26 heavy (non-hydrogen) atoms. The Morgan fingerprint density at radius 1 is 1.04 bits per heavy atom. The summed E-state index contributed by atoms with van der Waals surface area (Å²) in [5.41, 5.74) is 4.01. The summed E-state index contributed by atoms with van der Waals surface area (Å²) in [7, 11) is 0. The van der Waals surface area contributed by atoms with Crippen molar-refractivity contribution in [3.8, 4) is 5.75 Å². The van der Waals surface area contributed by atoms with Gasteiger partial charge in [0, 0.05) is 11.6 Å². The van der Waals surface area contributed by atoms with Crippen molar-refractivity contribution < 1.29 is 19.1 Å². The minimum Gasteiger partial charge on any atom is -0.494 e. The highest BCUT2D eigenvalue weighted by Crippen LogP contribution is 2.23. The fourth-order valence-corrected chi connectivity index (χ4v) is 3.02. The minimum absolute atomic E-state index is 0.178. The molecule has 0 radical (unpaired) electrons. The molecule has 0 saturated carbocycles. The van der Waals surface area contributed by atoms with Gasteiger partial charge in [0.15, 0.2) is 12.4 Å². The van der Waals surface area contributed by atoms with Crippen LogP contribution in [0, 0.1) is 0 Å². The SMILES string of the molecule is CCOc1ccc(/C=C/C(=O)OCC(=O)c2ccc3c(c2)CCC3)cc1. The van der Waals surface area contributed by atoms with Gasteiger partial charge in [-0.05, 0) is 67.2 Å². The third kappa shape index (κ3) is 4.60. The fraction of sp³-hybridized carbons (Fsp3) is 0.273. The lowest BCUT2D eigenvalue weighted by molar-refractivity contribution is -0.136. The van der Waals surface area contributed by atoms with Gasteiger partial charge in [-0.25, -0.2) is 4.79 Å². The average molecular weight is 350 g/mol. The van der Waals surface area contributed by atoms with Crippen molar-refractivity contribution in [2.75, 3.05) is 13.2 Å². The Balaban J connectivity index is 1.51. The van der Waals surface area contributed by atoms with Crippen LogP contribution in [0.25, 0.3) is 6.08 Å². The highest BCUT2D eigenvalue weighted by molar-refractivity contribution is 5.99. The highest BCUT2D eigenvalue weighted by atomic mass is 16.5. The molecule has 0 N–H and O–H groups in total. The Kier molecular flexibility index (Phi) is 5.84. The van der Waals surface area contributed by atoms with Crippen molar-refractivity contribution in [3.05, 3.63) is 70.8 Å². The molecule has 0 aromatic heterocycles. The van der Waals surface area contributed by atoms with E-state index in [0.29, 0.717) is 12.2 Å². The smallest absolute Gasteiger partial charge is 0.331 e. The molecule has 1 aliphatic rings. The fourth-order valence-electron chi connectivity index (χ4n) is 3.02. The van der Waals surface area contributed by atoms with E-state index in [9.17, 15) is 9.59 Å². The Morgan fingerprint density at radius 3 is 2.58 bits per heavy atom. The lowest BCUT2D eigenvalue weighted by atomic mass is 10.0. The monoisotopic (exact) mass is 350 g/mol. The van der Waals surface area contributed by atoms with Gasteiger partial charge in [-0.15, -0.1) is 0 Å². The number of aryl methyl sites for hydroxylation is 2. The number of benzene rings is 2. The first-order chi connectivity index (χ1) is 12.7. The molecular formula is C22H22O4. The Bertz CT molecular complexity index is 819. The first-order valence-corrected chi connectivity index (χ1v) is 8.88. The number of Topliss-reactive ketones (excluding diaryl/α,β-unsaturated/α-hetero) is 1. The van der Waals surface area contributed by atoms with Crippen molar-refractivity contribution in [3.63, 3.8) is 0 Å². The van der Waals surface area contributed by atoms with E-state index in [1.807, 2.05) is 49.4 Å². The summed E-state index contributed by atoms with van der Waals surface area (Å²) >= 11 is 0. The minimum atomic E-state index is -0.534. The van der Waals surface area contributed by atoms with Gasteiger partial charge in [0.25, 0.3) is 0 Å². The predicted octanol–water partition coefficient (Wildman–Crippen LogP) is 4.01. The summed E-state index contributed by atoms with van der Waals surface area (Å²) in [5, 5.41) is 0. The molecule has 134 valence electrons. The van der Waals surface area contributed by atoms with Crippen LogP contribution in [-0.4, -0.2) is 25.0 Å². The average Bonchev–Trinajstić information content (AvgIpc) is 3.13. The van der Waals surface area contributed by atoms with Crippen molar-refractivity contribution >= 4 is 17.8 Å². The quantitative estimate of drug-likeness (QED) is 0.430. The molecule has 0 saturated heterocycles. The molecular weight excluding hydrogens is 328 g/mol. The van der Waals surface area contributed by atoms with Crippen LogP contribution in [-0.2, 0) is 22.4 Å². The van der Waals surface area contributed by atoms with Gasteiger partial charge in [-0.1, -0.05) is 24.3 Å². The standard InChI is InChI=1S/C22H22O4/c1-2-25-20-11-6-16(7-12-20)8-13-22(24)26-15-21(23)19-10-9-17-4-3-5-18(17)14-19/h6-14H,2-5,15H2,1H3/b13-8+. The van der Waals surface area contributed by atoms with Gasteiger partial charge in [-0.2, -0.15) is 0 Å². The molecule has 3 rings (SSSR count). The van der Waals surface area contributed by atoms with Gasteiger partial charge in [0.2, 0.25) is 0 Å². The number of hydrogen-bond acceptors (Lipinski definition) is 4. The molecule has 4 heteroatoms. The predicted molar refractivity (Wildman–Crippen MR) is 100 cm³/mol. The summed E-state index contributed by atoms with van der Waals surface area (Å²) in [6, 6.07) is 13.1. The van der Waals surface area contributed by atoms with Gasteiger partial charge in [0.05, 0.1) is 6.61 Å². The molecule has 0 amide bonds. The van der Waals surface area contributed by atoms with E-state index >= 15 is 0 Å². The van der Waals surface area contributed by atoms with Crippen molar-refractivity contribution in [2.45, 2.75) is 26.2 Å². The first kappa shape index (κ1) is 17.9. The first-order valence-electron chi connectivity index (χ1n) is 8.88. The summed E-state index contributed by atoms with van der Waals surface area (Å²) < 4.78 is 10.4. The molecule has 0 unspecified atom stereocenters. The van der Waals surface area contributed by atoms with Crippen molar-refractivity contribution in [1.82, 2.24) is 0 Å². The Hall–Kier alpha value is -2.88. The number of esters is 1. The van der Waals surface area contributed by atoms with Crippen molar-refractivity contribution in [1.29, 1.82) is 0 Å². The third-order valence-corrected chi connectivity index (χ3v) is 4.37. The van der Waals surface area contributed by atoms with E-state index in [4.69, 9.17) is 9.47 Å². The number of fused-ring (bicyclic) bond motifs is 1. The summed E-state index contributed by atoms with van der Waals surface area (Å²) in [5.74, 6) is 0.0723. The van der Waals surface area contributed by atoms with Gasteiger partial charge in [-0.3, -0.25) is 4.79 Å². The second-order valence-electron chi connectivity index (χ2n) is 6.20. The highest BCUT2D eigenvalue weighted by Gasteiger charge is 2.14. The van der Waals surface area contributed by atoms with E-state index in [1.54, 1.807) is 6.08 Å². The second kappa shape index (κ2) is 8.48. The van der Waals surface area contributed by atoms with Gasteiger partial charge in [0.1, 0.15) is 5.75 Å². The molecule has 0 atom stereocenters. The molecule has 2 aromatic rings. The topological polar surface area (TPSA) is 52.6 Å². The van der Waals surface area contributed by atoms with E-state index in [-0.39, 0.29) is 12.4 Å². The molecule has 2 aromatic carbocycles. The number of carbonyl (C=O) groups is 2. The van der Waals surface area contributed by atoms with E-state index in [2.05, 4.69) is 0 Å². The molecule has 0 aliphatic heterocycles. The zero-order valence-electron chi connectivity index (χ0n) is 14.9. The number of rotatable bonds is 7. The van der Waals surface area contributed by atoms with Crippen molar-refractivity contribution in [2.24, 2.45) is 0 Å². The van der Waals surface area contributed by atoms with Crippen LogP contribution in [0.3, 0.4) is 0 Å². The molecule has 0 bridgehead atoms. The van der Waals surface area contributed by atoms with Crippen LogP contribution in [0.1, 0.15) is 40.4 Å². The van der Waals surface area contributed by atoms with Crippen LogP contribution in [0.4, 0.5) is 0 Å². The van der Waals surface area contributed by atoms with Crippen LogP contribution >= 0.6 is 0 Å². The summed E-state index contributed by atoms with van der Waals surface area (Å²) in [6.07, 6.45) is 6.21. The lowest BCUT2D eigenvalue weighted by Crippen LogP contribution is -2.12. The van der Waals surface area contributed by atoms with Crippen LogP contribution < -0.4 is 4.74 Å². The van der Waals surface area contributed by atoms with Crippen LogP contribution in [0.15, 0.2) is 48.5 Å². The molecule has 4 nitrogen and oxygen atoms in total. The lowest BCUT2D eigenvalue weighted by Gasteiger charge is -2.05. The zero-order chi connectivity index (χ0) is 18.4. The summed E-state index contributed by atoms with van der Waals surface area (Å²) in [6.45, 7) is 2.29. The number of ether oxygens (including phenoxy) is 2. The number of carbonyl (C=O) groups excluding carboxylic acids is 2. The maximum atomic E-state index is 12.2. The Labute approximate surface area is 153 Å². The number of ketones is 1. The largest absolute Gasteiger partial charge is 0.494 e. The maximum absolute atomic E-state index is 12.2. The molecule has 0 fully saturated rings. The van der Waals surface area contributed by atoms with Gasteiger partial charge >= 0.3 is 5.97 Å². The third-order valence-electron chi connectivity index (χ3n) is 4.37. The van der Waals surface area contributed by atoms with Gasteiger partial charge < -0.3 is 9.47 Å². The van der Waals surface area contributed by atoms with E-state index < -0.39 is 5.97 Å². The number of hydrogen-bond donors (Lipinski definition) is 0.